The molecule has 0 N–H and O–H groups in total. The van der Waals surface area contributed by atoms with Crippen LogP contribution in [0.4, 0.5) is 0 Å². The van der Waals surface area contributed by atoms with Crippen LogP contribution in [0.15, 0.2) is 18.2 Å². The smallest absolute Gasteiger partial charge is 0.102 e. The van der Waals surface area contributed by atoms with Crippen molar-refractivity contribution < 1.29 is 0 Å². The summed E-state index contributed by atoms with van der Waals surface area (Å²) in [6.07, 6.45) is 0. The van der Waals surface area contributed by atoms with Crippen molar-refractivity contribution in [3.63, 3.8) is 0 Å². The molecule has 1 heterocycles. The number of hydrogen-bond acceptors (Lipinski definition) is 2. The maximum Gasteiger partial charge on any atom is 0.102 e. The summed E-state index contributed by atoms with van der Waals surface area (Å²) in [7, 11) is 0. The quantitative estimate of drug-likeness (QED) is 0.655. The van der Waals surface area contributed by atoms with Crippen molar-refractivity contribution in [1.29, 1.82) is 5.26 Å². The van der Waals surface area contributed by atoms with Crippen LogP contribution in [0.2, 0.25) is 0 Å². The van der Waals surface area contributed by atoms with Crippen LogP contribution in [0.5, 0.6) is 0 Å². The molecule has 0 amide bonds. The zero-order chi connectivity index (χ0) is 8.97. The molecule has 1 aromatic rings. The summed E-state index contributed by atoms with van der Waals surface area (Å²) in [6.45, 7) is 1.90. The minimum atomic E-state index is -0.286. The molecule has 0 radical (unpaired) electrons. The van der Waals surface area contributed by atoms with Crippen molar-refractivity contribution in [3.8, 4) is 6.07 Å². The maximum atomic E-state index is 8.70. The van der Waals surface area contributed by atoms with Gasteiger partial charge in [-0.05, 0) is 19.1 Å². The van der Waals surface area contributed by atoms with Gasteiger partial charge in [-0.2, -0.15) is 5.26 Å². The van der Waals surface area contributed by atoms with E-state index in [4.69, 9.17) is 16.9 Å². The standard InChI is InChI=1S/C9H9ClN2/c1-7-3-2-4-9(12-7)8(5-10)6-11/h2-4,8H,5H2,1H3. The molecule has 1 atom stereocenters. The molecule has 12 heavy (non-hydrogen) atoms. The Bertz CT molecular complexity index is 304. The van der Waals surface area contributed by atoms with Gasteiger partial charge in [0, 0.05) is 11.6 Å². The molecule has 62 valence electrons. The van der Waals surface area contributed by atoms with Gasteiger partial charge in [-0.3, -0.25) is 4.98 Å². The number of pyridine rings is 1. The van der Waals surface area contributed by atoms with Crippen LogP contribution < -0.4 is 0 Å². The Balaban J connectivity index is 2.95. The first kappa shape index (κ1) is 9.02. The fraction of sp³-hybridized carbons (Fsp3) is 0.333. The number of rotatable bonds is 2. The Kier molecular flexibility index (Phi) is 3.07. The molecular formula is C9H9ClN2. The molecule has 0 bridgehead atoms. The largest absolute Gasteiger partial charge is 0.257 e. The third kappa shape index (κ3) is 1.96. The van der Waals surface area contributed by atoms with Gasteiger partial charge in [0.05, 0.1) is 11.8 Å². The summed E-state index contributed by atoms with van der Waals surface area (Å²) in [5.41, 5.74) is 1.67. The third-order valence-corrected chi connectivity index (χ3v) is 1.89. The van der Waals surface area contributed by atoms with Gasteiger partial charge < -0.3 is 0 Å². The Hall–Kier alpha value is -1.07. The number of nitrogens with zero attached hydrogens (tertiary/aromatic N) is 2. The van der Waals surface area contributed by atoms with E-state index in [0.717, 1.165) is 11.4 Å². The molecule has 1 aromatic heterocycles. The van der Waals surface area contributed by atoms with Gasteiger partial charge in [-0.25, -0.2) is 0 Å². The van der Waals surface area contributed by atoms with Gasteiger partial charge in [0.1, 0.15) is 5.92 Å². The number of aromatic nitrogens is 1. The molecule has 0 spiro atoms. The van der Waals surface area contributed by atoms with Crippen LogP contribution in [0.3, 0.4) is 0 Å². The Morgan fingerprint density at radius 3 is 2.92 bits per heavy atom. The van der Waals surface area contributed by atoms with Crippen molar-refractivity contribution >= 4 is 11.6 Å². The van der Waals surface area contributed by atoms with E-state index in [1.165, 1.54) is 0 Å². The Morgan fingerprint density at radius 1 is 1.67 bits per heavy atom. The second kappa shape index (κ2) is 4.08. The summed E-state index contributed by atoms with van der Waals surface area (Å²) in [4.78, 5) is 4.21. The normalized spacial score (nSPS) is 12.1. The first-order valence-corrected chi connectivity index (χ1v) is 4.20. The summed E-state index contributed by atoms with van der Waals surface area (Å²) in [6, 6.07) is 7.70. The highest BCUT2D eigenvalue weighted by atomic mass is 35.5. The summed E-state index contributed by atoms with van der Waals surface area (Å²) >= 11 is 5.59. The van der Waals surface area contributed by atoms with Crippen molar-refractivity contribution in [2.24, 2.45) is 0 Å². The highest BCUT2D eigenvalue weighted by Gasteiger charge is 2.09. The first-order valence-electron chi connectivity index (χ1n) is 3.67. The van der Waals surface area contributed by atoms with Gasteiger partial charge in [0.15, 0.2) is 0 Å². The monoisotopic (exact) mass is 180 g/mol. The lowest BCUT2D eigenvalue weighted by atomic mass is 10.1. The van der Waals surface area contributed by atoms with Crippen LogP contribution in [-0.4, -0.2) is 10.9 Å². The van der Waals surface area contributed by atoms with E-state index >= 15 is 0 Å². The van der Waals surface area contributed by atoms with Gasteiger partial charge in [0.2, 0.25) is 0 Å². The van der Waals surface area contributed by atoms with E-state index in [1.807, 2.05) is 25.1 Å². The fourth-order valence-corrected chi connectivity index (χ4v) is 1.16. The summed E-state index contributed by atoms with van der Waals surface area (Å²) in [5, 5.41) is 8.70. The van der Waals surface area contributed by atoms with Crippen LogP contribution >= 0.6 is 11.6 Å². The Labute approximate surface area is 76.8 Å². The second-order valence-corrected chi connectivity index (χ2v) is 2.85. The molecule has 0 aliphatic carbocycles. The highest BCUT2D eigenvalue weighted by molar-refractivity contribution is 6.18. The summed E-state index contributed by atoms with van der Waals surface area (Å²) in [5.74, 6) is 0.0130. The molecule has 1 unspecified atom stereocenters. The predicted molar refractivity (Wildman–Crippen MR) is 48.0 cm³/mol. The van der Waals surface area contributed by atoms with E-state index in [-0.39, 0.29) is 5.92 Å². The molecule has 0 aliphatic heterocycles. The average molecular weight is 181 g/mol. The molecule has 0 aliphatic rings. The molecule has 2 nitrogen and oxygen atoms in total. The molecule has 0 aromatic carbocycles. The molecule has 1 rings (SSSR count). The molecule has 0 fully saturated rings. The van der Waals surface area contributed by atoms with E-state index in [2.05, 4.69) is 11.1 Å². The first-order chi connectivity index (χ1) is 5.77. The van der Waals surface area contributed by atoms with E-state index < -0.39 is 0 Å². The van der Waals surface area contributed by atoms with Gasteiger partial charge in [0.25, 0.3) is 0 Å². The number of aryl methyl sites for hydroxylation is 1. The highest BCUT2D eigenvalue weighted by Crippen LogP contribution is 2.13. The predicted octanol–water partition coefficient (Wildman–Crippen LogP) is 2.24. The van der Waals surface area contributed by atoms with E-state index in [9.17, 15) is 0 Å². The van der Waals surface area contributed by atoms with Crippen LogP contribution in [0.25, 0.3) is 0 Å². The van der Waals surface area contributed by atoms with E-state index in [1.54, 1.807) is 0 Å². The molecule has 3 heteroatoms. The number of hydrogen-bond donors (Lipinski definition) is 0. The minimum Gasteiger partial charge on any atom is -0.257 e. The number of halogens is 1. The molecule has 0 saturated heterocycles. The van der Waals surface area contributed by atoms with Crippen LogP contribution in [-0.2, 0) is 0 Å². The maximum absolute atomic E-state index is 8.70. The van der Waals surface area contributed by atoms with Crippen molar-refractivity contribution in [1.82, 2.24) is 4.98 Å². The lowest BCUT2D eigenvalue weighted by Crippen LogP contribution is -2.00. The van der Waals surface area contributed by atoms with Crippen molar-refractivity contribution in [2.45, 2.75) is 12.8 Å². The SMILES string of the molecule is Cc1cccc(C(C#N)CCl)n1. The average Bonchev–Trinajstić information content (AvgIpc) is 2.07. The van der Waals surface area contributed by atoms with Crippen molar-refractivity contribution in [2.75, 3.05) is 5.88 Å². The molecular weight excluding hydrogens is 172 g/mol. The van der Waals surface area contributed by atoms with Gasteiger partial charge in [-0.15, -0.1) is 11.6 Å². The zero-order valence-corrected chi connectivity index (χ0v) is 7.54. The van der Waals surface area contributed by atoms with Gasteiger partial charge >= 0.3 is 0 Å². The topological polar surface area (TPSA) is 36.7 Å². The number of nitriles is 1. The minimum absolute atomic E-state index is 0.286. The van der Waals surface area contributed by atoms with Crippen molar-refractivity contribution in [3.05, 3.63) is 29.6 Å². The van der Waals surface area contributed by atoms with Gasteiger partial charge in [-0.1, -0.05) is 6.07 Å². The number of alkyl halides is 1. The van der Waals surface area contributed by atoms with E-state index in [0.29, 0.717) is 5.88 Å². The molecule has 0 saturated carbocycles. The van der Waals surface area contributed by atoms with Crippen LogP contribution in [0.1, 0.15) is 17.3 Å². The third-order valence-electron chi connectivity index (χ3n) is 1.58. The van der Waals surface area contributed by atoms with Crippen LogP contribution in [0, 0.1) is 18.3 Å². The zero-order valence-electron chi connectivity index (χ0n) is 6.79. The lowest BCUT2D eigenvalue weighted by Gasteiger charge is -2.03. The summed E-state index contributed by atoms with van der Waals surface area (Å²) < 4.78 is 0. The lowest BCUT2D eigenvalue weighted by molar-refractivity contribution is 0.913. The Morgan fingerprint density at radius 2 is 2.42 bits per heavy atom. The second-order valence-electron chi connectivity index (χ2n) is 2.54. The fourth-order valence-electron chi connectivity index (χ4n) is 0.938.